The number of nitro groups is 1. The second kappa shape index (κ2) is 5.29. The van der Waals surface area contributed by atoms with Crippen LogP contribution in [0.25, 0.3) is 0 Å². The Hall–Kier alpha value is -2.11. The van der Waals surface area contributed by atoms with Crippen LogP contribution < -0.4 is 10.1 Å². The molecule has 0 spiro atoms. The number of amides is 1. The van der Waals surface area contributed by atoms with Crippen molar-refractivity contribution in [1.82, 2.24) is 0 Å². The molecule has 0 saturated heterocycles. The minimum atomic E-state index is -0.557. The average molecular weight is 238 g/mol. The van der Waals surface area contributed by atoms with Gasteiger partial charge in [-0.15, -0.1) is 0 Å². The van der Waals surface area contributed by atoms with Gasteiger partial charge in [0.2, 0.25) is 5.91 Å². The molecule has 0 atom stereocenters. The van der Waals surface area contributed by atoms with Gasteiger partial charge in [0, 0.05) is 6.92 Å². The number of anilines is 1. The highest BCUT2D eigenvalue weighted by atomic mass is 16.6. The molecule has 1 amide bonds. The standard InChI is InChI=1S/C11H14N2O4/c1-7(2)17-9-4-5-10(12-8(3)14)11(6-9)13(15)16/h4-7H,1-3H3,(H,12,14). The van der Waals surface area contributed by atoms with Crippen molar-refractivity contribution in [1.29, 1.82) is 0 Å². The van der Waals surface area contributed by atoms with Crippen molar-refractivity contribution >= 4 is 17.3 Å². The predicted molar refractivity (Wildman–Crippen MR) is 63.2 cm³/mol. The lowest BCUT2D eigenvalue weighted by Crippen LogP contribution is -2.09. The number of nitrogens with one attached hydrogen (secondary N) is 1. The van der Waals surface area contributed by atoms with Crippen LogP contribution in [0, 0.1) is 10.1 Å². The van der Waals surface area contributed by atoms with E-state index >= 15 is 0 Å². The predicted octanol–water partition coefficient (Wildman–Crippen LogP) is 2.34. The SMILES string of the molecule is CC(=O)Nc1ccc(OC(C)C)cc1[N+](=O)[O-]. The number of carbonyl (C=O) groups excluding carboxylic acids is 1. The van der Waals surface area contributed by atoms with Crippen LogP contribution in [-0.4, -0.2) is 16.9 Å². The number of hydrogen-bond donors (Lipinski definition) is 1. The van der Waals surface area contributed by atoms with Gasteiger partial charge in [-0.1, -0.05) is 0 Å². The smallest absolute Gasteiger partial charge is 0.296 e. The second-order valence-corrected chi connectivity index (χ2v) is 3.78. The molecule has 6 heteroatoms. The molecule has 0 aliphatic heterocycles. The van der Waals surface area contributed by atoms with E-state index in [2.05, 4.69) is 5.32 Å². The first-order valence-corrected chi connectivity index (χ1v) is 5.13. The Balaban J connectivity index is 3.08. The Morgan fingerprint density at radius 1 is 1.47 bits per heavy atom. The lowest BCUT2D eigenvalue weighted by molar-refractivity contribution is -0.384. The van der Waals surface area contributed by atoms with Gasteiger partial charge in [-0.05, 0) is 26.0 Å². The maximum Gasteiger partial charge on any atom is 0.296 e. The maximum absolute atomic E-state index is 10.9. The third kappa shape index (κ3) is 3.75. The lowest BCUT2D eigenvalue weighted by Gasteiger charge is -2.10. The van der Waals surface area contributed by atoms with Gasteiger partial charge in [-0.3, -0.25) is 14.9 Å². The zero-order valence-corrected chi connectivity index (χ0v) is 9.89. The van der Waals surface area contributed by atoms with Crippen LogP contribution in [0.1, 0.15) is 20.8 Å². The highest BCUT2D eigenvalue weighted by Crippen LogP contribution is 2.29. The number of rotatable bonds is 4. The Bertz CT molecular complexity index is 443. The molecular formula is C11H14N2O4. The molecule has 0 heterocycles. The van der Waals surface area contributed by atoms with Crippen LogP contribution in [0.4, 0.5) is 11.4 Å². The minimum absolute atomic E-state index is 0.0683. The third-order valence-corrected chi connectivity index (χ3v) is 1.85. The Kier molecular flexibility index (Phi) is 4.03. The maximum atomic E-state index is 10.9. The molecule has 0 bridgehead atoms. The summed E-state index contributed by atoms with van der Waals surface area (Å²) in [6.07, 6.45) is -0.0683. The number of hydrogen-bond acceptors (Lipinski definition) is 4. The fraction of sp³-hybridized carbons (Fsp3) is 0.364. The first-order chi connectivity index (χ1) is 7.90. The molecule has 92 valence electrons. The molecule has 1 rings (SSSR count). The summed E-state index contributed by atoms with van der Waals surface area (Å²) in [6.45, 7) is 4.95. The number of nitrogens with zero attached hydrogens (tertiary/aromatic N) is 1. The van der Waals surface area contributed by atoms with E-state index in [4.69, 9.17) is 4.74 Å². The first-order valence-electron chi connectivity index (χ1n) is 5.13. The van der Waals surface area contributed by atoms with Gasteiger partial charge in [0.1, 0.15) is 11.4 Å². The van der Waals surface area contributed by atoms with Crippen molar-refractivity contribution in [3.8, 4) is 5.75 Å². The lowest BCUT2D eigenvalue weighted by atomic mass is 10.2. The Morgan fingerprint density at radius 2 is 2.12 bits per heavy atom. The van der Waals surface area contributed by atoms with Gasteiger partial charge in [-0.2, -0.15) is 0 Å². The van der Waals surface area contributed by atoms with E-state index in [0.29, 0.717) is 5.75 Å². The van der Waals surface area contributed by atoms with Crippen molar-refractivity contribution in [3.63, 3.8) is 0 Å². The highest BCUT2D eigenvalue weighted by Gasteiger charge is 2.16. The molecule has 0 radical (unpaired) electrons. The molecule has 0 fully saturated rings. The van der Waals surface area contributed by atoms with Crippen LogP contribution in [-0.2, 0) is 4.79 Å². The molecule has 1 N–H and O–H groups in total. The Morgan fingerprint density at radius 3 is 2.59 bits per heavy atom. The molecule has 1 aromatic carbocycles. The summed E-state index contributed by atoms with van der Waals surface area (Å²) in [6, 6.07) is 4.33. The summed E-state index contributed by atoms with van der Waals surface area (Å²) in [7, 11) is 0. The number of carbonyl (C=O) groups is 1. The van der Waals surface area contributed by atoms with Crippen LogP contribution in [0.5, 0.6) is 5.75 Å². The molecular weight excluding hydrogens is 224 g/mol. The van der Waals surface area contributed by atoms with E-state index in [0.717, 1.165) is 0 Å². The molecule has 6 nitrogen and oxygen atoms in total. The van der Waals surface area contributed by atoms with Crippen LogP contribution in [0.3, 0.4) is 0 Å². The molecule has 1 aromatic rings. The summed E-state index contributed by atoms with van der Waals surface area (Å²) in [5.74, 6) is 0.0476. The molecule has 0 aliphatic rings. The molecule has 0 aromatic heterocycles. The van der Waals surface area contributed by atoms with Gasteiger partial charge < -0.3 is 10.1 Å². The fourth-order valence-corrected chi connectivity index (χ4v) is 1.30. The van der Waals surface area contributed by atoms with Gasteiger partial charge in [0.15, 0.2) is 0 Å². The van der Waals surface area contributed by atoms with Gasteiger partial charge in [0.25, 0.3) is 5.69 Å². The van der Waals surface area contributed by atoms with Crippen molar-refractivity contribution in [2.75, 3.05) is 5.32 Å². The van der Waals surface area contributed by atoms with Crippen molar-refractivity contribution in [3.05, 3.63) is 28.3 Å². The molecule has 17 heavy (non-hydrogen) atoms. The van der Waals surface area contributed by atoms with Crippen molar-refractivity contribution in [2.24, 2.45) is 0 Å². The summed E-state index contributed by atoms with van der Waals surface area (Å²) in [4.78, 5) is 21.2. The van der Waals surface area contributed by atoms with Crippen molar-refractivity contribution < 1.29 is 14.5 Å². The number of benzene rings is 1. The van der Waals surface area contributed by atoms with E-state index in [1.165, 1.54) is 19.1 Å². The van der Waals surface area contributed by atoms with Gasteiger partial charge >= 0.3 is 0 Å². The third-order valence-electron chi connectivity index (χ3n) is 1.85. The Labute approximate surface area is 98.7 Å². The number of ether oxygens (including phenoxy) is 1. The zero-order valence-electron chi connectivity index (χ0n) is 9.89. The summed E-state index contributed by atoms with van der Waals surface area (Å²) >= 11 is 0. The van der Waals surface area contributed by atoms with Gasteiger partial charge in [0.05, 0.1) is 17.1 Å². The summed E-state index contributed by atoms with van der Waals surface area (Å²) in [5.41, 5.74) is -0.0167. The average Bonchev–Trinajstić information content (AvgIpc) is 2.18. The monoisotopic (exact) mass is 238 g/mol. The summed E-state index contributed by atoms with van der Waals surface area (Å²) < 4.78 is 5.35. The van der Waals surface area contributed by atoms with Crippen LogP contribution in [0.2, 0.25) is 0 Å². The highest BCUT2D eigenvalue weighted by molar-refractivity contribution is 5.91. The van der Waals surface area contributed by atoms with Crippen LogP contribution >= 0.6 is 0 Å². The normalized spacial score (nSPS) is 10.1. The topological polar surface area (TPSA) is 81.5 Å². The zero-order chi connectivity index (χ0) is 13.0. The molecule has 0 aliphatic carbocycles. The van der Waals surface area contributed by atoms with Crippen LogP contribution in [0.15, 0.2) is 18.2 Å². The van der Waals surface area contributed by atoms with E-state index < -0.39 is 4.92 Å². The molecule has 0 unspecified atom stereocenters. The van der Waals surface area contributed by atoms with E-state index in [-0.39, 0.29) is 23.4 Å². The van der Waals surface area contributed by atoms with Crippen molar-refractivity contribution in [2.45, 2.75) is 26.9 Å². The number of nitro benzene ring substituents is 1. The summed E-state index contributed by atoms with van der Waals surface area (Å²) in [5, 5.41) is 13.2. The largest absolute Gasteiger partial charge is 0.491 e. The van der Waals surface area contributed by atoms with E-state index in [9.17, 15) is 14.9 Å². The first kappa shape index (κ1) is 13.0. The fourth-order valence-electron chi connectivity index (χ4n) is 1.30. The van der Waals surface area contributed by atoms with Gasteiger partial charge in [-0.25, -0.2) is 0 Å². The van der Waals surface area contributed by atoms with E-state index in [1.54, 1.807) is 6.07 Å². The molecule has 0 saturated carbocycles. The second-order valence-electron chi connectivity index (χ2n) is 3.78. The van der Waals surface area contributed by atoms with E-state index in [1.807, 2.05) is 13.8 Å². The quantitative estimate of drug-likeness (QED) is 0.644. The minimum Gasteiger partial charge on any atom is -0.491 e.